The normalized spacial score (nSPS) is 14.1. The molecule has 0 bridgehead atoms. The van der Waals surface area contributed by atoms with Gasteiger partial charge in [-0.15, -0.1) is 0 Å². The summed E-state index contributed by atoms with van der Waals surface area (Å²) in [5.41, 5.74) is 0.878. The average Bonchev–Trinajstić information content (AvgIpc) is 2.63. The van der Waals surface area contributed by atoms with Crippen molar-refractivity contribution in [3.8, 4) is 0 Å². The molecular formula is C21H35NO5Si. The van der Waals surface area contributed by atoms with Gasteiger partial charge in [-0.25, -0.2) is 9.59 Å². The maximum Gasteiger partial charge on any atom is 0.408 e. The smallest absolute Gasteiger partial charge is 0.408 e. The van der Waals surface area contributed by atoms with E-state index in [1.807, 2.05) is 37.3 Å². The van der Waals surface area contributed by atoms with Crippen molar-refractivity contribution in [3.05, 3.63) is 35.9 Å². The lowest BCUT2D eigenvalue weighted by atomic mass is 10.0. The number of hydrogen-bond donors (Lipinski definition) is 1. The first-order chi connectivity index (χ1) is 13.0. The van der Waals surface area contributed by atoms with E-state index in [1.54, 1.807) is 0 Å². The molecule has 0 radical (unpaired) electrons. The standard InChI is InChI=1S/C21H35NO5Si/c1-16(14-27-28(6,7)21(2,3)4)13-18(19(23)25-5)22-20(24)26-15-17-11-9-8-10-12-17/h8-12,16,18H,13-15H2,1-7H3,(H,22,24)/t16-,18+/m1/s1. The zero-order valence-corrected chi connectivity index (χ0v) is 19.2. The summed E-state index contributed by atoms with van der Waals surface area (Å²) < 4.78 is 16.3. The molecule has 1 N–H and O–H groups in total. The molecule has 1 aromatic rings. The molecule has 0 fully saturated rings. The highest BCUT2D eigenvalue weighted by atomic mass is 28.4. The molecule has 158 valence electrons. The Morgan fingerprint density at radius 3 is 2.29 bits per heavy atom. The Labute approximate surface area is 170 Å². The minimum atomic E-state index is -1.86. The van der Waals surface area contributed by atoms with E-state index in [0.717, 1.165) is 5.56 Å². The molecule has 0 unspecified atom stereocenters. The van der Waals surface area contributed by atoms with Crippen molar-refractivity contribution in [2.24, 2.45) is 5.92 Å². The van der Waals surface area contributed by atoms with E-state index < -0.39 is 26.4 Å². The number of carbonyl (C=O) groups excluding carboxylic acids is 2. The molecule has 0 aromatic heterocycles. The molecule has 1 aromatic carbocycles. The van der Waals surface area contributed by atoms with Crippen molar-refractivity contribution in [2.75, 3.05) is 13.7 Å². The maximum absolute atomic E-state index is 12.1. The second kappa shape index (κ2) is 10.6. The van der Waals surface area contributed by atoms with E-state index in [4.69, 9.17) is 13.9 Å². The minimum Gasteiger partial charge on any atom is -0.467 e. The molecule has 0 aliphatic rings. The Kier molecular flexibility index (Phi) is 9.17. The molecule has 1 rings (SSSR count). The van der Waals surface area contributed by atoms with Gasteiger partial charge < -0.3 is 19.2 Å². The fraction of sp³-hybridized carbons (Fsp3) is 0.619. The van der Waals surface area contributed by atoms with Crippen molar-refractivity contribution in [1.29, 1.82) is 0 Å². The Hall–Kier alpha value is -1.86. The molecule has 0 spiro atoms. The number of methoxy groups -OCH3 is 1. The van der Waals surface area contributed by atoms with Crippen molar-refractivity contribution in [3.63, 3.8) is 0 Å². The lowest BCUT2D eigenvalue weighted by Gasteiger charge is -2.37. The molecule has 0 saturated carbocycles. The highest BCUT2D eigenvalue weighted by Gasteiger charge is 2.37. The van der Waals surface area contributed by atoms with Gasteiger partial charge in [0.1, 0.15) is 12.6 Å². The lowest BCUT2D eigenvalue weighted by Crippen LogP contribution is -2.45. The van der Waals surface area contributed by atoms with E-state index in [2.05, 4.69) is 39.2 Å². The minimum absolute atomic E-state index is 0.0765. The summed E-state index contributed by atoms with van der Waals surface area (Å²) in [6.07, 6.45) is -0.223. The van der Waals surface area contributed by atoms with E-state index in [9.17, 15) is 9.59 Å². The summed E-state index contributed by atoms with van der Waals surface area (Å²) in [5.74, 6) is -0.413. The van der Waals surface area contributed by atoms with Gasteiger partial charge in [-0.05, 0) is 36.0 Å². The number of ether oxygens (including phenoxy) is 2. The van der Waals surface area contributed by atoms with E-state index in [1.165, 1.54) is 7.11 Å². The molecule has 28 heavy (non-hydrogen) atoms. The zero-order chi connectivity index (χ0) is 21.4. The molecule has 0 heterocycles. The van der Waals surface area contributed by atoms with Gasteiger partial charge >= 0.3 is 12.1 Å². The predicted octanol–water partition coefficient (Wildman–Crippen LogP) is 4.50. The quantitative estimate of drug-likeness (QED) is 0.480. The second-order valence-electron chi connectivity index (χ2n) is 8.69. The first-order valence-electron chi connectivity index (χ1n) is 9.65. The predicted molar refractivity (Wildman–Crippen MR) is 112 cm³/mol. The van der Waals surface area contributed by atoms with Crippen LogP contribution in [-0.2, 0) is 25.3 Å². The summed E-state index contributed by atoms with van der Waals surface area (Å²) in [5, 5.41) is 2.74. The Bertz CT molecular complexity index is 627. The van der Waals surface area contributed by atoms with Gasteiger partial charge in [0.15, 0.2) is 8.32 Å². The number of nitrogens with one attached hydrogen (secondary N) is 1. The third-order valence-corrected chi connectivity index (χ3v) is 9.66. The van der Waals surface area contributed by atoms with Gasteiger partial charge in [-0.3, -0.25) is 0 Å². The molecule has 2 atom stereocenters. The average molecular weight is 410 g/mol. The Morgan fingerprint density at radius 1 is 1.14 bits per heavy atom. The summed E-state index contributed by atoms with van der Waals surface area (Å²) in [4.78, 5) is 24.2. The van der Waals surface area contributed by atoms with Crippen LogP contribution in [-0.4, -0.2) is 40.1 Å². The van der Waals surface area contributed by atoms with Crippen LogP contribution in [0.15, 0.2) is 30.3 Å². The van der Waals surface area contributed by atoms with Crippen molar-refractivity contribution in [1.82, 2.24) is 5.32 Å². The highest BCUT2D eigenvalue weighted by Crippen LogP contribution is 2.36. The monoisotopic (exact) mass is 409 g/mol. The van der Waals surface area contributed by atoms with Gasteiger partial charge in [0, 0.05) is 6.61 Å². The molecule has 1 amide bonds. The maximum atomic E-state index is 12.1. The van der Waals surface area contributed by atoms with Crippen LogP contribution in [0.3, 0.4) is 0 Å². The van der Waals surface area contributed by atoms with E-state index in [0.29, 0.717) is 13.0 Å². The summed E-state index contributed by atoms with van der Waals surface area (Å²) in [6, 6.07) is 8.60. The van der Waals surface area contributed by atoms with E-state index >= 15 is 0 Å². The van der Waals surface area contributed by atoms with Crippen LogP contribution in [0.4, 0.5) is 4.79 Å². The second-order valence-corrected chi connectivity index (χ2v) is 13.5. The van der Waals surface area contributed by atoms with Crippen LogP contribution >= 0.6 is 0 Å². The van der Waals surface area contributed by atoms with Crippen LogP contribution < -0.4 is 5.32 Å². The third-order valence-electron chi connectivity index (χ3n) is 5.16. The molecule has 7 heteroatoms. The zero-order valence-electron chi connectivity index (χ0n) is 18.2. The molecule has 0 aliphatic carbocycles. The van der Waals surface area contributed by atoms with Gasteiger partial charge in [0.25, 0.3) is 0 Å². The summed E-state index contributed by atoms with van der Waals surface area (Å²) >= 11 is 0. The lowest BCUT2D eigenvalue weighted by molar-refractivity contribution is -0.143. The molecule has 6 nitrogen and oxygen atoms in total. The molecule has 0 aliphatic heterocycles. The highest BCUT2D eigenvalue weighted by molar-refractivity contribution is 6.74. The van der Waals surface area contributed by atoms with Gasteiger partial charge in [0.2, 0.25) is 0 Å². The Morgan fingerprint density at radius 2 is 1.75 bits per heavy atom. The first kappa shape index (κ1) is 24.2. The number of hydrogen-bond acceptors (Lipinski definition) is 5. The number of alkyl carbamates (subject to hydrolysis) is 1. The number of carbonyl (C=O) groups is 2. The van der Waals surface area contributed by atoms with E-state index in [-0.39, 0.29) is 17.6 Å². The molecule has 0 saturated heterocycles. The Balaban J connectivity index is 2.57. The van der Waals surface area contributed by atoms with Crippen LogP contribution in [0.2, 0.25) is 18.1 Å². The fourth-order valence-corrected chi connectivity index (χ4v) is 3.44. The first-order valence-corrected chi connectivity index (χ1v) is 12.6. The number of esters is 1. The number of amides is 1. The van der Waals surface area contributed by atoms with Gasteiger partial charge in [-0.2, -0.15) is 0 Å². The number of benzene rings is 1. The summed E-state index contributed by atoms with van der Waals surface area (Å²) in [7, 11) is -0.556. The van der Waals surface area contributed by atoms with Crippen LogP contribution in [0, 0.1) is 5.92 Å². The summed E-state index contributed by atoms with van der Waals surface area (Å²) in [6.45, 7) is 13.6. The van der Waals surface area contributed by atoms with Crippen LogP contribution in [0.25, 0.3) is 0 Å². The molecular weight excluding hydrogens is 374 g/mol. The van der Waals surface area contributed by atoms with Crippen molar-refractivity contribution >= 4 is 20.4 Å². The van der Waals surface area contributed by atoms with Crippen LogP contribution in [0.5, 0.6) is 0 Å². The topological polar surface area (TPSA) is 73.9 Å². The van der Waals surface area contributed by atoms with Gasteiger partial charge in [-0.1, -0.05) is 58.0 Å². The van der Waals surface area contributed by atoms with Crippen LogP contribution in [0.1, 0.15) is 39.7 Å². The largest absolute Gasteiger partial charge is 0.467 e. The SMILES string of the molecule is COC(=O)[C@H](C[C@@H](C)CO[Si](C)(C)C(C)(C)C)NC(=O)OCc1ccccc1. The number of rotatable bonds is 9. The van der Waals surface area contributed by atoms with Crippen molar-refractivity contribution < 1.29 is 23.5 Å². The van der Waals surface area contributed by atoms with Gasteiger partial charge in [0.05, 0.1) is 7.11 Å². The fourth-order valence-electron chi connectivity index (χ4n) is 2.30. The van der Waals surface area contributed by atoms with Crippen molar-refractivity contribution in [2.45, 2.75) is 64.9 Å². The third kappa shape index (κ3) is 8.02.